The molecule has 0 aliphatic rings. The van der Waals surface area contributed by atoms with Crippen molar-refractivity contribution in [1.29, 1.82) is 0 Å². The second-order valence-corrected chi connectivity index (χ2v) is 9.12. The highest BCUT2D eigenvalue weighted by Crippen LogP contribution is 2.29. The number of carbonyl (C=O) groups excluding carboxylic acids is 1. The average Bonchev–Trinajstić information content (AvgIpc) is 3.33. The van der Waals surface area contributed by atoms with Crippen molar-refractivity contribution >= 4 is 26.7 Å². The maximum atomic E-state index is 12.8. The normalized spacial score (nSPS) is 12.7. The van der Waals surface area contributed by atoms with Crippen LogP contribution in [0, 0.1) is 6.92 Å². The van der Waals surface area contributed by atoms with E-state index in [-0.39, 0.29) is 16.4 Å². The maximum Gasteiger partial charge on any atom is 0.287 e. The third-order valence-corrected chi connectivity index (χ3v) is 6.70. The largest absolute Gasteiger partial charge is 0.459 e. The van der Waals surface area contributed by atoms with E-state index in [1.807, 2.05) is 38.1 Å². The zero-order chi connectivity index (χ0) is 21.3. The summed E-state index contributed by atoms with van der Waals surface area (Å²) < 4.78 is 36.6. The maximum absolute atomic E-state index is 12.8. The van der Waals surface area contributed by atoms with E-state index in [0.29, 0.717) is 11.3 Å². The van der Waals surface area contributed by atoms with E-state index in [1.54, 1.807) is 18.2 Å². The summed E-state index contributed by atoms with van der Waals surface area (Å²) in [6.07, 6.45) is 1.32. The van der Waals surface area contributed by atoms with E-state index in [2.05, 4.69) is 5.32 Å². The molecule has 0 aliphatic carbocycles. The van der Waals surface area contributed by atoms with E-state index in [0.717, 1.165) is 16.5 Å². The highest BCUT2D eigenvalue weighted by atomic mass is 32.2. The molecule has 4 rings (SSSR count). The van der Waals surface area contributed by atoms with Gasteiger partial charge in [0.1, 0.15) is 11.3 Å². The number of nitrogens with one attached hydrogen (secondary N) is 1. The van der Waals surface area contributed by atoms with Crippen molar-refractivity contribution in [2.45, 2.75) is 30.5 Å². The van der Waals surface area contributed by atoms with Crippen LogP contribution >= 0.6 is 0 Å². The molecule has 2 heterocycles. The molecule has 6 nitrogen and oxygen atoms in total. The SMILES string of the molecule is Cc1c(C(C)NC(=O)c2occc2CS(=O)(=O)c2ccccc2)oc2ccccc12. The molecule has 0 spiro atoms. The molecule has 0 radical (unpaired) electrons. The van der Waals surface area contributed by atoms with E-state index in [1.165, 1.54) is 24.5 Å². The summed E-state index contributed by atoms with van der Waals surface area (Å²) in [6.45, 7) is 3.75. The van der Waals surface area contributed by atoms with Crippen molar-refractivity contribution < 1.29 is 22.0 Å². The minimum atomic E-state index is -3.60. The van der Waals surface area contributed by atoms with Crippen LogP contribution < -0.4 is 5.32 Å². The molecular formula is C23H21NO5S. The Morgan fingerprint density at radius 1 is 1.03 bits per heavy atom. The van der Waals surface area contributed by atoms with Crippen molar-refractivity contribution in [2.75, 3.05) is 0 Å². The van der Waals surface area contributed by atoms with Gasteiger partial charge in [0.05, 0.1) is 23.0 Å². The number of sulfone groups is 1. The van der Waals surface area contributed by atoms with Gasteiger partial charge in [0, 0.05) is 16.5 Å². The molecule has 1 atom stereocenters. The lowest BCUT2D eigenvalue weighted by atomic mass is 10.1. The molecule has 2 aromatic carbocycles. The third-order valence-electron chi connectivity index (χ3n) is 5.02. The van der Waals surface area contributed by atoms with Gasteiger partial charge in [0.15, 0.2) is 15.6 Å². The Hall–Kier alpha value is -3.32. The number of amides is 1. The van der Waals surface area contributed by atoms with Crippen LogP contribution in [0.3, 0.4) is 0 Å². The van der Waals surface area contributed by atoms with Crippen LogP contribution in [-0.2, 0) is 15.6 Å². The van der Waals surface area contributed by atoms with Crippen LogP contribution in [0.25, 0.3) is 11.0 Å². The van der Waals surface area contributed by atoms with Crippen molar-refractivity contribution in [1.82, 2.24) is 5.32 Å². The van der Waals surface area contributed by atoms with Gasteiger partial charge in [0.2, 0.25) is 0 Å². The molecule has 0 saturated carbocycles. The van der Waals surface area contributed by atoms with Gasteiger partial charge in [-0.1, -0.05) is 36.4 Å². The number of benzene rings is 2. The molecule has 1 unspecified atom stereocenters. The number of furan rings is 2. The van der Waals surface area contributed by atoms with Crippen LogP contribution in [0.2, 0.25) is 0 Å². The Bertz CT molecular complexity index is 1300. The number of hydrogen-bond donors (Lipinski definition) is 1. The molecule has 1 amide bonds. The molecule has 154 valence electrons. The number of rotatable bonds is 6. The standard InChI is InChI=1S/C23H21NO5S/c1-15-19-10-6-7-11-20(19)29-21(15)16(2)24-23(25)22-17(12-13-28-22)14-30(26,27)18-8-4-3-5-9-18/h3-13,16H,14H2,1-2H3,(H,24,25). The van der Waals surface area contributed by atoms with Crippen LogP contribution in [0.15, 0.2) is 80.7 Å². The molecule has 2 aromatic heterocycles. The van der Waals surface area contributed by atoms with Gasteiger partial charge in [-0.3, -0.25) is 4.79 Å². The van der Waals surface area contributed by atoms with Crippen LogP contribution in [0.4, 0.5) is 0 Å². The fourth-order valence-corrected chi connectivity index (χ4v) is 4.87. The fraction of sp³-hybridized carbons (Fsp3) is 0.174. The summed E-state index contributed by atoms with van der Waals surface area (Å²) in [4.78, 5) is 13.0. The Morgan fingerprint density at radius 2 is 1.73 bits per heavy atom. The average molecular weight is 423 g/mol. The lowest BCUT2D eigenvalue weighted by Gasteiger charge is -2.12. The topological polar surface area (TPSA) is 89.5 Å². The zero-order valence-electron chi connectivity index (χ0n) is 16.6. The first-order chi connectivity index (χ1) is 14.4. The first-order valence-corrected chi connectivity index (χ1v) is 11.1. The second-order valence-electron chi connectivity index (χ2n) is 7.13. The molecule has 7 heteroatoms. The summed E-state index contributed by atoms with van der Waals surface area (Å²) in [6, 6.07) is 16.9. The summed E-state index contributed by atoms with van der Waals surface area (Å²) >= 11 is 0. The number of aryl methyl sites for hydroxylation is 1. The summed E-state index contributed by atoms with van der Waals surface area (Å²) in [5.41, 5.74) is 2.01. The van der Waals surface area contributed by atoms with Crippen molar-refractivity contribution in [3.63, 3.8) is 0 Å². The quantitative estimate of drug-likeness (QED) is 0.481. The summed E-state index contributed by atoms with van der Waals surface area (Å²) in [5, 5.41) is 3.83. The molecular weight excluding hydrogens is 402 g/mol. The summed E-state index contributed by atoms with van der Waals surface area (Å²) in [5.74, 6) is -0.191. The van der Waals surface area contributed by atoms with E-state index >= 15 is 0 Å². The minimum Gasteiger partial charge on any atom is -0.459 e. The van der Waals surface area contributed by atoms with E-state index < -0.39 is 21.8 Å². The second kappa shape index (κ2) is 7.84. The Balaban J connectivity index is 1.55. The Labute approximate surface area is 174 Å². The van der Waals surface area contributed by atoms with Gasteiger partial charge in [0.25, 0.3) is 5.91 Å². The number of carbonyl (C=O) groups is 1. The third kappa shape index (κ3) is 3.76. The van der Waals surface area contributed by atoms with Gasteiger partial charge < -0.3 is 14.2 Å². The molecule has 30 heavy (non-hydrogen) atoms. The minimum absolute atomic E-state index is 0.0184. The van der Waals surface area contributed by atoms with Crippen LogP contribution in [0.5, 0.6) is 0 Å². The molecule has 1 N–H and O–H groups in total. The molecule has 0 aliphatic heterocycles. The smallest absolute Gasteiger partial charge is 0.287 e. The monoisotopic (exact) mass is 423 g/mol. The zero-order valence-corrected chi connectivity index (χ0v) is 17.4. The van der Waals surface area contributed by atoms with Crippen molar-refractivity contribution in [2.24, 2.45) is 0 Å². The Kier molecular flexibility index (Phi) is 5.22. The van der Waals surface area contributed by atoms with Gasteiger partial charge in [-0.2, -0.15) is 0 Å². The van der Waals surface area contributed by atoms with Gasteiger partial charge >= 0.3 is 0 Å². The van der Waals surface area contributed by atoms with Crippen molar-refractivity contribution in [3.05, 3.63) is 89.6 Å². The highest BCUT2D eigenvalue weighted by molar-refractivity contribution is 7.90. The molecule has 0 fully saturated rings. The van der Waals surface area contributed by atoms with Gasteiger partial charge in [-0.15, -0.1) is 0 Å². The lowest BCUT2D eigenvalue weighted by molar-refractivity contribution is 0.0906. The molecule has 0 saturated heterocycles. The fourth-order valence-electron chi connectivity index (χ4n) is 3.50. The lowest BCUT2D eigenvalue weighted by Crippen LogP contribution is -2.27. The number of hydrogen-bond acceptors (Lipinski definition) is 5. The summed E-state index contributed by atoms with van der Waals surface area (Å²) in [7, 11) is -3.60. The number of para-hydroxylation sites is 1. The first kappa shape index (κ1) is 20.0. The predicted octanol–water partition coefficient (Wildman–Crippen LogP) is 4.80. The van der Waals surface area contributed by atoms with E-state index in [4.69, 9.17) is 8.83 Å². The Morgan fingerprint density at radius 3 is 2.47 bits per heavy atom. The van der Waals surface area contributed by atoms with Crippen LogP contribution in [0.1, 0.15) is 40.4 Å². The van der Waals surface area contributed by atoms with E-state index in [9.17, 15) is 13.2 Å². The van der Waals surface area contributed by atoms with Gasteiger partial charge in [-0.05, 0) is 38.1 Å². The first-order valence-electron chi connectivity index (χ1n) is 9.50. The molecule has 0 bridgehead atoms. The number of fused-ring (bicyclic) bond motifs is 1. The highest BCUT2D eigenvalue weighted by Gasteiger charge is 2.25. The van der Waals surface area contributed by atoms with Crippen molar-refractivity contribution in [3.8, 4) is 0 Å². The van der Waals surface area contributed by atoms with Crippen LogP contribution in [-0.4, -0.2) is 14.3 Å². The molecule has 4 aromatic rings. The van der Waals surface area contributed by atoms with Gasteiger partial charge in [-0.25, -0.2) is 8.42 Å². The predicted molar refractivity (Wildman–Crippen MR) is 113 cm³/mol.